The van der Waals surface area contributed by atoms with E-state index < -0.39 is 10.0 Å². The highest BCUT2D eigenvalue weighted by molar-refractivity contribution is 9.10. The monoisotopic (exact) mass is 422 g/mol. The van der Waals surface area contributed by atoms with Crippen molar-refractivity contribution >= 4 is 49.3 Å². The Labute approximate surface area is 151 Å². The lowest BCUT2D eigenvalue weighted by molar-refractivity contribution is -0.119. The average Bonchev–Trinajstić information content (AvgIpc) is 2.38. The Balaban J connectivity index is 2.67. The van der Waals surface area contributed by atoms with Gasteiger partial charge in [-0.25, -0.2) is 8.42 Å². The number of anilines is 1. The number of benzene rings is 1. The van der Waals surface area contributed by atoms with Gasteiger partial charge in [-0.05, 0) is 18.2 Å². The lowest BCUT2D eigenvalue weighted by Gasteiger charge is -2.22. The molecule has 0 atom stereocenters. The Morgan fingerprint density at radius 1 is 1.35 bits per heavy atom. The van der Waals surface area contributed by atoms with Crippen LogP contribution >= 0.6 is 27.7 Å². The topological polar surface area (TPSA) is 66.5 Å². The number of hydrogen-bond acceptors (Lipinski definition) is 4. The van der Waals surface area contributed by atoms with Crippen LogP contribution in [0.15, 0.2) is 28.7 Å². The summed E-state index contributed by atoms with van der Waals surface area (Å²) in [5, 5.41) is 2.76. The van der Waals surface area contributed by atoms with Crippen molar-refractivity contribution in [1.82, 2.24) is 5.32 Å². The maximum atomic E-state index is 12.0. The number of thioether (sulfide) groups is 1. The third-order valence-electron chi connectivity index (χ3n) is 2.74. The summed E-state index contributed by atoms with van der Waals surface area (Å²) < 4.78 is 25.9. The Morgan fingerprint density at radius 3 is 2.52 bits per heavy atom. The van der Waals surface area contributed by atoms with Crippen molar-refractivity contribution in [1.29, 1.82) is 0 Å². The molecule has 0 saturated carbocycles. The number of hydrogen-bond donors (Lipinski definition) is 1. The van der Waals surface area contributed by atoms with Crippen LogP contribution in [0.2, 0.25) is 0 Å². The van der Waals surface area contributed by atoms with Crippen LogP contribution in [-0.2, 0) is 14.8 Å². The molecular formula is C15H23BrN2O3S2. The van der Waals surface area contributed by atoms with Crippen LogP contribution in [0.5, 0.6) is 0 Å². The summed E-state index contributed by atoms with van der Waals surface area (Å²) in [7, 11) is -3.54. The molecule has 1 rings (SSSR count). The molecule has 0 aliphatic carbocycles. The van der Waals surface area contributed by atoms with Gasteiger partial charge in [0.15, 0.2) is 0 Å². The van der Waals surface area contributed by atoms with Gasteiger partial charge in [0.05, 0.1) is 11.9 Å². The van der Waals surface area contributed by atoms with Crippen molar-refractivity contribution in [2.24, 2.45) is 0 Å². The third-order valence-corrected chi connectivity index (χ3v) is 5.65. The summed E-state index contributed by atoms with van der Waals surface area (Å²) in [6.07, 6.45) is 1.09. The SMILES string of the molecule is CC(C)(C)SCCNC(=O)CN(c1cccc(Br)c1)S(C)(=O)=O. The van der Waals surface area contributed by atoms with E-state index in [1.54, 1.807) is 36.0 Å². The molecule has 1 amide bonds. The molecule has 1 aromatic carbocycles. The second-order valence-corrected chi connectivity index (χ2v) is 10.8. The van der Waals surface area contributed by atoms with Crippen LogP contribution in [0.1, 0.15) is 20.8 Å². The fraction of sp³-hybridized carbons (Fsp3) is 0.533. The lowest BCUT2D eigenvalue weighted by atomic mass is 10.3. The van der Waals surface area contributed by atoms with Gasteiger partial charge in [0.1, 0.15) is 6.54 Å². The Kier molecular flexibility index (Phi) is 7.41. The smallest absolute Gasteiger partial charge is 0.240 e. The molecule has 1 N–H and O–H groups in total. The highest BCUT2D eigenvalue weighted by atomic mass is 79.9. The molecule has 0 spiro atoms. The molecule has 0 unspecified atom stereocenters. The van der Waals surface area contributed by atoms with Crippen LogP contribution in [-0.4, -0.2) is 44.2 Å². The quantitative estimate of drug-likeness (QED) is 0.685. The number of nitrogens with one attached hydrogen (secondary N) is 1. The summed E-state index contributed by atoms with van der Waals surface area (Å²) in [5.74, 6) is 0.468. The minimum Gasteiger partial charge on any atom is -0.354 e. The Bertz CT molecular complexity index is 642. The van der Waals surface area contributed by atoms with Crippen molar-refractivity contribution in [2.75, 3.05) is 29.4 Å². The number of halogens is 1. The summed E-state index contributed by atoms with van der Waals surface area (Å²) in [6.45, 7) is 6.61. The highest BCUT2D eigenvalue weighted by Gasteiger charge is 2.21. The summed E-state index contributed by atoms with van der Waals surface area (Å²) in [4.78, 5) is 12.0. The van der Waals surface area contributed by atoms with Gasteiger partial charge in [-0.3, -0.25) is 9.10 Å². The van der Waals surface area contributed by atoms with Crippen LogP contribution in [0, 0.1) is 0 Å². The van der Waals surface area contributed by atoms with E-state index in [-0.39, 0.29) is 17.2 Å². The predicted molar refractivity (Wildman–Crippen MR) is 102 cm³/mol. The molecule has 130 valence electrons. The highest BCUT2D eigenvalue weighted by Crippen LogP contribution is 2.23. The molecule has 23 heavy (non-hydrogen) atoms. The van der Waals surface area contributed by atoms with E-state index in [4.69, 9.17) is 0 Å². The van der Waals surface area contributed by atoms with E-state index in [2.05, 4.69) is 42.0 Å². The zero-order valence-electron chi connectivity index (χ0n) is 13.8. The summed E-state index contributed by atoms with van der Waals surface area (Å²) >= 11 is 5.05. The first-order valence-electron chi connectivity index (χ1n) is 7.13. The minimum atomic E-state index is -3.54. The molecule has 0 bridgehead atoms. The number of sulfonamides is 1. The van der Waals surface area contributed by atoms with Crippen molar-refractivity contribution in [3.63, 3.8) is 0 Å². The number of carbonyl (C=O) groups excluding carboxylic acids is 1. The van der Waals surface area contributed by atoms with Crippen molar-refractivity contribution in [3.05, 3.63) is 28.7 Å². The second kappa shape index (κ2) is 8.39. The molecular weight excluding hydrogens is 400 g/mol. The zero-order chi connectivity index (χ0) is 17.7. The number of amides is 1. The van der Waals surface area contributed by atoms with Gasteiger partial charge in [0.2, 0.25) is 15.9 Å². The van der Waals surface area contributed by atoms with Gasteiger partial charge >= 0.3 is 0 Å². The maximum absolute atomic E-state index is 12.0. The molecule has 0 aromatic heterocycles. The first-order valence-corrected chi connectivity index (χ1v) is 10.8. The standard InChI is InChI=1S/C15H23BrN2O3S2/c1-15(2,3)22-9-8-17-14(19)11-18(23(4,20)21)13-7-5-6-12(16)10-13/h5-7,10H,8-9,11H2,1-4H3,(H,17,19). The average molecular weight is 423 g/mol. The first-order chi connectivity index (χ1) is 10.5. The lowest BCUT2D eigenvalue weighted by Crippen LogP contribution is -2.41. The van der Waals surface area contributed by atoms with Crippen LogP contribution < -0.4 is 9.62 Å². The fourth-order valence-electron chi connectivity index (χ4n) is 1.77. The maximum Gasteiger partial charge on any atom is 0.240 e. The van der Waals surface area contributed by atoms with Gasteiger partial charge in [-0.15, -0.1) is 0 Å². The van der Waals surface area contributed by atoms with Crippen molar-refractivity contribution in [3.8, 4) is 0 Å². The van der Waals surface area contributed by atoms with Crippen LogP contribution in [0.4, 0.5) is 5.69 Å². The molecule has 5 nitrogen and oxygen atoms in total. The summed E-state index contributed by atoms with van der Waals surface area (Å²) in [5.41, 5.74) is 0.459. The van der Waals surface area contributed by atoms with Gasteiger partial charge in [-0.2, -0.15) is 11.8 Å². The normalized spacial score (nSPS) is 12.0. The molecule has 0 aliphatic heterocycles. The zero-order valence-corrected chi connectivity index (χ0v) is 17.0. The Morgan fingerprint density at radius 2 is 2.00 bits per heavy atom. The third kappa shape index (κ3) is 8.08. The second-order valence-electron chi connectivity index (χ2n) is 6.06. The number of nitrogens with zero attached hydrogens (tertiary/aromatic N) is 1. The molecule has 1 aromatic rings. The first kappa shape index (κ1) is 20.3. The van der Waals surface area contributed by atoms with Gasteiger partial charge < -0.3 is 5.32 Å². The number of rotatable bonds is 7. The number of carbonyl (C=O) groups is 1. The molecule has 8 heteroatoms. The van der Waals surface area contributed by atoms with E-state index in [0.29, 0.717) is 12.2 Å². The van der Waals surface area contributed by atoms with E-state index in [9.17, 15) is 13.2 Å². The molecule has 0 aliphatic rings. The van der Waals surface area contributed by atoms with E-state index in [0.717, 1.165) is 20.8 Å². The van der Waals surface area contributed by atoms with Gasteiger partial charge in [0, 0.05) is 21.5 Å². The van der Waals surface area contributed by atoms with E-state index >= 15 is 0 Å². The minimum absolute atomic E-state index is 0.139. The Hall–Kier alpha value is -0.730. The molecule has 0 radical (unpaired) electrons. The van der Waals surface area contributed by atoms with E-state index in [1.807, 2.05) is 0 Å². The van der Waals surface area contributed by atoms with Crippen molar-refractivity contribution in [2.45, 2.75) is 25.5 Å². The van der Waals surface area contributed by atoms with Crippen LogP contribution in [0.3, 0.4) is 0 Å². The van der Waals surface area contributed by atoms with E-state index in [1.165, 1.54) is 0 Å². The fourth-order valence-corrected chi connectivity index (χ4v) is 3.82. The predicted octanol–water partition coefficient (Wildman–Crippen LogP) is 2.86. The molecule has 0 saturated heterocycles. The largest absolute Gasteiger partial charge is 0.354 e. The molecule has 0 fully saturated rings. The van der Waals surface area contributed by atoms with Crippen LogP contribution in [0.25, 0.3) is 0 Å². The van der Waals surface area contributed by atoms with Gasteiger partial charge in [-0.1, -0.05) is 42.8 Å². The summed E-state index contributed by atoms with van der Waals surface area (Å²) in [6, 6.07) is 6.86. The van der Waals surface area contributed by atoms with Crippen molar-refractivity contribution < 1.29 is 13.2 Å². The van der Waals surface area contributed by atoms with Gasteiger partial charge in [0.25, 0.3) is 0 Å². The molecule has 0 heterocycles.